The monoisotopic (exact) mass is 329 g/mol. The zero-order valence-corrected chi connectivity index (χ0v) is 14.5. The Bertz CT molecular complexity index is 735. The maximum absolute atomic E-state index is 11.6. The van der Waals surface area contributed by atoms with Crippen LogP contribution in [0.25, 0.3) is 0 Å². The molecule has 0 atom stereocenters. The number of carbonyl (C=O) groups is 1. The number of nitrogens with one attached hydrogen (secondary N) is 2. The molecule has 0 aliphatic rings. The van der Waals surface area contributed by atoms with Crippen molar-refractivity contribution < 1.29 is 13.9 Å². The van der Waals surface area contributed by atoms with Gasteiger partial charge in [0, 0.05) is 13.6 Å². The first kappa shape index (κ1) is 17.6. The number of aliphatic imine (C=N–C) groups is 1. The average Bonchev–Trinajstić information content (AvgIpc) is 2.96. The Kier molecular flexibility index (Phi) is 6.01. The molecule has 2 rings (SSSR count). The molecule has 128 valence electrons. The van der Waals surface area contributed by atoms with Gasteiger partial charge in [-0.1, -0.05) is 24.3 Å². The standard InChI is InChI=1S/C18H23N3O3/c1-12-7-5-6-8-14(12)10-20-18(19-3)21-11-15-9-16(13(2)24-15)17(22)23-4/h5-9H,10-11H2,1-4H3,(H2,19,20,21). The molecule has 0 fully saturated rings. The van der Waals surface area contributed by atoms with Crippen LogP contribution in [0.1, 0.15) is 33.0 Å². The minimum absolute atomic E-state index is 0.399. The van der Waals surface area contributed by atoms with E-state index in [-0.39, 0.29) is 0 Å². The summed E-state index contributed by atoms with van der Waals surface area (Å²) in [6, 6.07) is 9.87. The number of rotatable bonds is 5. The van der Waals surface area contributed by atoms with E-state index in [9.17, 15) is 4.79 Å². The number of furan rings is 1. The highest BCUT2D eigenvalue weighted by molar-refractivity contribution is 5.90. The summed E-state index contributed by atoms with van der Waals surface area (Å²) in [5.41, 5.74) is 2.88. The van der Waals surface area contributed by atoms with Gasteiger partial charge >= 0.3 is 5.97 Å². The first-order chi connectivity index (χ1) is 11.5. The molecular weight excluding hydrogens is 306 g/mol. The molecule has 0 spiro atoms. The lowest BCUT2D eigenvalue weighted by atomic mass is 10.1. The van der Waals surface area contributed by atoms with Gasteiger partial charge in [-0.2, -0.15) is 0 Å². The maximum Gasteiger partial charge on any atom is 0.341 e. The predicted octanol–water partition coefficient (Wildman–Crippen LogP) is 2.55. The smallest absolute Gasteiger partial charge is 0.341 e. The molecule has 2 aromatic rings. The molecule has 1 aromatic carbocycles. The molecule has 2 N–H and O–H groups in total. The van der Waals surface area contributed by atoms with Crippen molar-refractivity contribution in [3.63, 3.8) is 0 Å². The summed E-state index contributed by atoms with van der Waals surface area (Å²) in [6.07, 6.45) is 0. The van der Waals surface area contributed by atoms with E-state index in [4.69, 9.17) is 9.15 Å². The molecule has 6 heteroatoms. The molecule has 1 heterocycles. The molecule has 0 amide bonds. The Labute approximate surface area is 141 Å². The summed E-state index contributed by atoms with van der Waals surface area (Å²) in [7, 11) is 3.06. The van der Waals surface area contributed by atoms with Crippen LogP contribution in [0.4, 0.5) is 0 Å². The minimum atomic E-state index is -0.399. The lowest BCUT2D eigenvalue weighted by Gasteiger charge is -2.12. The Hall–Kier alpha value is -2.76. The highest BCUT2D eigenvalue weighted by Crippen LogP contribution is 2.15. The summed E-state index contributed by atoms with van der Waals surface area (Å²) in [5.74, 6) is 1.45. The fourth-order valence-electron chi connectivity index (χ4n) is 2.32. The minimum Gasteiger partial charge on any atom is -0.465 e. The third kappa shape index (κ3) is 4.38. The number of aryl methyl sites for hydroxylation is 2. The number of benzene rings is 1. The maximum atomic E-state index is 11.6. The summed E-state index contributed by atoms with van der Waals surface area (Å²) in [5, 5.41) is 6.42. The first-order valence-corrected chi connectivity index (χ1v) is 7.71. The van der Waals surface area contributed by atoms with Gasteiger partial charge < -0.3 is 19.8 Å². The number of hydrogen-bond donors (Lipinski definition) is 2. The number of ether oxygens (including phenoxy) is 1. The number of methoxy groups -OCH3 is 1. The van der Waals surface area contributed by atoms with E-state index in [2.05, 4.69) is 34.7 Å². The number of hydrogen-bond acceptors (Lipinski definition) is 4. The molecule has 0 aliphatic heterocycles. The second-order valence-corrected chi connectivity index (χ2v) is 5.38. The van der Waals surface area contributed by atoms with Crippen molar-refractivity contribution in [2.45, 2.75) is 26.9 Å². The highest BCUT2D eigenvalue weighted by Gasteiger charge is 2.15. The fraction of sp³-hybridized carbons (Fsp3) is 0.333. The predicted molar refractivity (Wildman–Crippen MR) is 93.0 cm³/mol. The van der Waals surface area contributed by atoms with Gasteiger partial charge in [-0.15, -0.1) is 0 Å². The van der Waals surface area contributed by atoms with Crippen molar-refractivity contribution >= 4 is 11.9 Å². The molecular formula is C18H23N3O3. The quantitative estimate of drug-likeness (QED) is 0.501. The van der Waals surface area contributed by atoms with Crippen LogP contribution in [0.5, 0.6) is 0 Å². The van der Waals surface area contributed by atoms with Crippen LogP contribution in [-0.4, -0.2) is 26.1 Å². The van der Waals surface area contributed by atoms with Gasteiger partial charge in [0.25, 0.3) is 0 Å². The molecule has 6 nitrogen and oxygen atoms in total. The lowest BCUT2D eigenvalue weighted by molar-refractivity contribution is 0.0599. The van der Waals surface area contributed by atoms with Crippen LogP contribution in [0.15, 0.2) is 39.7 Å². The Morgan fingerprint density at radius 2 is 1.92 bits per heavy atom. The summed E-state index contributed by atoms with van der Waals surface area (Å²) < 4.78 is 10.3. The number of nitrogens with zero attached hydrogens (tertiary/aromatic N) is 1. The number of guanidine groups is 1. The molecule has 1 aromatic heterocycles. The van der Waals surface area contributed by atoms with E-state index in [1.165, 1.54) is 18.2 Å². The van der Waals surface area contributed by atoms with E-state index in [0.717, 1.165) is 0 Å². The Morgan fingerprint density at radius 3 is 2.58 bits per heavy atom. The van der Waals surface area contributed by atoms with Crippen LogP contribution < -0.4 is 10.6 Å². The van der Waals surface area contributed by atoms with Gasteiger partial charge in [0.15, 0.2) is 5.96 Å². The third-order valence-corrected chi connectivity index (χ3v) is 3.74. The van der Waals surface area contributed by atoms with Crippen molar-refractivity contribution in [1.82, 2.24) is 10.6 Å². The number of carbonyl (C=O) groups excluding carboxylic acids is 1. The zero-order chi connectivity index (χ0) is 17.5. The summed E-state index contributed by atoms with van der Waals surface area (Å²) in [6.45, 7) is 4.91. The van der Waals surface area contributed by atoms with Crippen LogP contribution in [0.2, 0.25) is 0 Å². The Morgan fingerprint density at radius 1 is 1.21 bits per heavy atom. The second-order valence-electron chi connectivity index (χ2n) is 5.38. The fourth-order valence-corrected chi connectivity index (χ4v) is 2.32. The van der Waals surface area contributed by atoms with Crippen molar-refractivity contribution in [2.75, 3.05) is 14.2 Å². The Balaban J connectivity index is 1.92. The zero-order valence-electron chi connectivity index (χ0n) is 14.5. The SMILES string of the molecule is CN=C(NCc1cc(C(=O)OC)c(C)o1)NCc1ccccc1C. The molecule has 0 saturated carbocycles. The van der Waals surface area contributed by atoms with E-state index in [1.54, 1.807) is 20.0 Å². The normalized spacial score (nSPS) is 11.2. The van der Waals surface area contributed by atoms with Gasteiger partial charge in [0.1, 0.15) is 17.1 Å². The topological polar surface area (TPSA) is 75.9 Å². The van der Waals surface area contributed by atoms with Crippen LogP contribution >= 0.6 is 0 Å². The molecule has 0 bridgehead atoms. The largest absolute Gasteiger partial charge is 0.465 e. The van der Waals surface area contributed by atoms with Crippen molar-refractivity contribution in [2.24, 2.45) is 4.99 Å². The summed E-state index contributed by atoms with van der Waals surface area (Å²) >= 11 is 0. The molecule has 0 radical (unpaired) electrons. The summed E-state index contributed by atoms with van der Waals surface area (Å²) in [4.78, 5) is 15.8. The van der Waals surface area contributed by atoms with E-state index in [0.29, 0.717) is 36.1 Å². The van der Waals surface area contributed by atoms with E-state index in [1.807, 2.05) is 12.1 Å². The van der Waals surface area contributed by atoms with Crippen molar-refractivity contribution in [3.05, 3.63) is 58.5 Å². The lowest BCUT2D eigenvalue weighted by Crippen LogP contribution is -2.36. The van der Waals surface area contributed by atoms with Gasteiger partial charge in [0.2, 0.25) is 0 Å². The van der Waals surface area contributed by atoms with Crippen molar-refractivity contribution in [3.8, 4) is 0 Å². The van der Waals surface area contributed by atoms with Gasteiger partial charge in [-0.05, 0) is 31.0 Å². The molecule has 0 aliphatic carbocycles. The first-order valence-electron chi connectivity index (χ1n) is 7.71. The van der Waals surface area contributed by atoms with Gasteiger partial charge in [-0.3, -0.25) is 4.99 Å². The third-order valence-electron chi connectivity index (χ3n) is 3.74. The highest BCUT2D eigenvalue weighted by atomic mass is 16.5. The molecule has 0 unspecified atom stereocenters. The van der Waals surface area contributed by atoms with E-state index >= 15 is 0 Å². The van der Waals surface area contributed by atoms with Gasteiger partial charge in [-0.25, -0.2) is 4.79 Å². The van der Waals surface area contributed by atoms with Crippen LogP contribution in [-0.2, 0) is 17.8 Å². The molecule has 24 heavy (non-hydrogen) atoms. The second kappa shape index (κ2) is 8.19. The van der Waals surface area contributed by atoms with Crippen molar-refractivity contribution in [1.29, 1.82) is 0 Å². The average molecular weight is 329 g/mol. The number of esters is 1. The van der Waals surface area contributed by atoms with E-state index < -0.39 is 5.97 Å². The molecule has 0 saturated heterocycles. The van der Waals surface area contributed by atoms with Crippen LogP contribution in [0, 0.1) is 13.8 Å². The van der Waals surface area contributed by atoms with Crippen LogP contribution in [0.3, 0.4) is 0 Å². The van der Waals surface area contributed by atoms with Gasteiger partial charge in [0.05, 0.1) is 13.7 Å².